The summed E-state index contributed by atoms with van der Waals surface area (Å²) in [5.74, 6) is -0.970. The Labute approximate surface area is 169 Å². The number of amides is 1. The first-order chi connectivity index (χ1) is 10.4. The number of carbonyl (C=O) groups is 1. The van der Waals surface area contributed by atoms with Crippen LogP contribution in [-0.2, 0) is 4.79 Å². The van der Waals surface area contributed by atoms with Crippen LogP contribution in [0, 0.1) is 11.8 Å². The number of rotatable bonds is 6. The van der Waals surface area contributed by atoms with Crippen LogP contribution in [0.15, 0.2) is 11.6 Å². The first-order valence-corrected chi connectivity index (χ1v) is 9.88. The van der Waals surface area contributed by atoms with E-state index in [0.29, 0.717) is 6.42 Å². The second kappa shape index (κ2) is 8.98. The van der Waals surface area contributed by atoms with Crippen LogP contribution >= 0.6 is 80.9 Å². The zero-order valence-corrected chi connectivity index (χ0v) is 17.7. The van der Waals surface area contributed by atoms with Crippen LogP contribution in [0.2, 0.25) is 0 Å². The fourth-order valence-electron chi connectivity index (χ4n) is 1.76. The van der Waals surface area contributed by atoms with Crippen molar-refractivity contribution >= 4 is 86.8 Å². The zero-order valence-electron chi connectivity index (χ0n) is 12.3. The molecule has 1 heterocycles. The van der Waals surface area contributed by atoms with Crippen LogP contribution in [0.3, 0.4) is 0 Å². The lowest BCUT2D eigenvalue weighted by molar-refractivity contribution is -0.122. The Hall–Kier alpha value is 0.840. The van der Waals surface area contributed by atoms with Gasteiger partial charge in [0.1, 0.15) is 5.01 Å². The molecule has 1 rings (SSSR count). The number of aromatic nitrogens is 1. The quantitative estimate of drug-likeness (QED) is 0.521. The van der Waals surface area contributed by atoms with Gasteiger partial charge in [-0.2, -0.15) is 0 Å². The molecule has 10 heteroatoms. The largest absolute Gasteiger partial charge is 0.347 e. The van der Waals surface area contributed by atoms with E-state index in [2.05, 4.69) is 10.3 Å². The zero-order chi connectivity index (χ0) is 17.8. The molecule has 1 aromatic rings. The molecule has 0 saturated carbocycles. The van der Waals surface area contributed by atoms with Crippen molar-refractivity contribution in [1.29, 1.82) is 0 Å². The van der Waals surface area contributed by atoms with E-state index in [1.54, 1.807) is 20.0 Å². The third-order valence-electron chi connectivity index (χ3n) is 3.28. The van der Waals surface area contributed by atoms with E-state index in [-0.39, 0.29) is 24.3 Å². The van der Waals surface area contributed by atoms with Crippen molar-refractivity contribution in [3.8, 4) is 0 Å². The van der Waals surface area contributed by atoms with Crippen molar-refractivity contribution < 1.29 is 4.79 Å². The van der Waals surface area contributed by atoms with Gasteiger partial charge in [-0.15, -0.1) is 11.3 Å². The van der Waals surface area contributed by atoms with Crippen molar-refractivity contribution in [2.75, 3.05) is 0 Å². The maximum atomic E-state index is 12.2. The van der Waals surface area contributed by atoms with Gasteiger partial charge in [-0.25, -0.2) is 4.98 Å². The maximum Gasteiger partial charge on any atom is 0.220 e. The second-order valence-corrected chi connectivity index (χ2v) is 11.0. The lowest BCUT2D eigenvalue weighted by atomic mass is 10.0. The summed E-state index contributed by atoms with van der Waals surface area (Å²) in [6.07, 6.45) is 2.15. The van der Waals surface area contributed by atoms with Gasteiger partial charge in [0.15, 0.2) is 7.59 Å². The van der Waals surface area contributed by atoms with Crippen molar-refractivity contribution in [2.24, 2.45) is 11.8 Å². The van der Waals surface area contributed by atoms with E-state index in [1.165, 1.54) is 11.3 Å². The average molecular weight is 461 g/mol. The maximum absolute atomic E-state index is 12.2. The van der Waals surface area contributed by atoms with E-state index < -0.39 is 13.5 Å². The summed E-state index contributed by atoms with van der Waals surface area (Å²) in [6.45, 7) is 3.48. The molecule has 0 aliphatic heterocycles. The molecular formula is C13H16Cl6N2OS. The van der Waals surface area contributed by atoms with Gasteiger partial charge in [-0.05, 0) is 6.42 Å². The Balaban J connectivity index is 2.77. The first-order valence-electron chi connectivity index (χ1n) is 6.73. The Kier molecular flexibility index (Phi) is 8.54. The van der Waals surface area contributed by atoms with E-state index in [0.717, 1.165) is 5.01 Å². The molecular weight excluding hydrogens is 445 g/mol. The van der Waals surface area contributed by atoms with Crippen LogP contribution in [0.5, 0.6) is 0 Å². The first kappa shape index (κ1) is 21.9. The monoisotopic (exact) mass is 458 g/mol. The summed E-state index contributed by atoms with van der Waals surface area (Å²) in [5.41, 5.74) is 0. The smallest absolute Gasteiger partial charge is 0.220 e. The molecule has 0 fully saturated rings. The number of hydrogen-bond donors (Lipinski definition) is 1. The summed E-state index contributed by atoms with van der Waals surface area (Å²) in [5, 5.41) is 5.44. The molecule has 0 aliphatic carbocycles. The van der Waals surface area contributed by atoms with Gasteiger partial charge in [-0.3, -0.25) is 4.79 Å². The molecule has 0 bridgehead atoms. The third kappa shape index (κ3) is 7.72. The van der Waals surface area contributed by atoms with Crippen LogP contribution in [0.25, 0.3) is 0 Å². The van der Waals surface area contributed by atoms with Gasteiger partial charge < -0.3 is 5.32 Å². The lowest BCUT2D eigenvalue weighted by Crippen LogP contribution is -2.34. The summed E-state index contributed by atoms with van der Waals surface area (Å²) in [7, 11) is 0. The van der Waals surface area contributed by atoms with Gasteiger partial charge in [0.2, 0.25) is 5.91 Å². The minimum Gasteiger partial charge on any atom is -0.347 e. The predicted molar refractivity (Wildman–Crippen MR) is 101 cm³/mol. The highest BCUT2D eigenvalue weighted by Crippen LogP contribution is 2.40. The van der Waals surface area contributed by atoms with Crippen LogP contribution < -0.4 is 5.32 Å². The highest BCUT2D eigenvalue weighted by Gasteiger charge is 2.34. The molecule has 132 valence electrons. The number of nitrogens with zero attached hydrogens (tertiary/aromatic N) is 1. The molecule has 0 saturated heterocycles. The summed E-state index contributed by atoms with van der Waals surface area (Å²) in [6, 6.07) is -0.365. The van der Waals surface area contributed by atoms with Crippen molar-refractivity contribution in [2.45, 2.75) is 40.3 Å². The number of halogens is 6. The third-order valence-corrected chi connectivity index (χ3v) is 6.41. The topological polar surface area (TPSA) is 42.0 Å². The Morgan fingerprint density at radius 1 is 1.17 bits per heavy atom. The molecule has 0 spiro atoms. The molecule has 3 atom stereocenters. The molecule has 1 N–H and O–H groups in total. The van der Waals surface area contributed by atoms with Gasteiger partial charge in [0, 0.05) is 29.8 Å². The van der Waals surface area contributed by atoms with Crippen LogP contribution in [-0.4, -0.2) is 18.5 Å². The predicted octanol–water partition coefficient (Wildman–Crippen LogP) is 6.09. The average Bonchev–Trinajstić information content (AvgIpc) is 2.89. The number of carbonyl (C=O) groups excluding carboxylic acids is 1. The Bertz CT molecular complexity index is 500. The molecule has 1 aromatic heterocycles. The fraction of sp³-hybridized carbons (Fsp3) is 0.692. The summed E-state index contributed by atoms with van der Waals surface area (Å²) in [4.78, 5) is 16.5. The van der Waals surface area contributed by atoms with Crippen LogP contribution in [0.1, 0.15) is 37.7 Å². The molecule has 1 unspecified atom stereocenters. The normalized spacial score (nSPS) is 16.7. The fourth-order valence-corrected chi connectivity index (χ4v) is 2.96. The van der Waals surface area contributed by atoms with Crippen LogP contribution in [0.4, 0.5) is 0 Å². The summed E-state index contributed by atoms with van der Waals surface area (Å²) >= 11 is 36.6. The molecule has 0 aromatic carbocycles. The molecule has 0 aliphatic rings. The highest BCUT2D eigenvalue weighted by atomic mass is 35.6. The Morgan fingerprint density at radius 3 is 2.17 bits per heavy atom. The molecule has 0 radical (unpaired) electrons. The minimum absolute atomic E-state index is 0.0700. The van der Waals surface area contributed by atoms with Crippen molar-refractivity contribution in [3.05, 3.63) is 16.6 Å². The molecule has 23 heavy (non-hydrogen) atoms. The van der Waals surface area contributed by atoms with Gasteiger partial charge in [0.05, 0.1) is 6.04 Å². The number of hydrogen-bond acceptors (Lipinski definition) is 3. The van der Waals surface area contributed by atoms with Gasteiger partial charge >= 0.3 is 0 Å². The Morgan fingerprint density at radius 2 is 1.74 bits per heavy atom. The van der Waals surface area contributed by atoms with E-state index in [9.17, 15) is 4.79 Å². The van der Waals surface area contributed by atoms with Gasteiger partial charge in [-0.1, -0.05) is 83.5 Å². The van der Waals surface area contributed by atoms with E-state index in [1.807, 2.05) is 5.38 Å². The number of alkyl halides is 6. The highest BCUT2D eigenvalue weighted by molar-refractivity contribution is 7.09. The second-order valence-electron chi connectivity index (χ2n) is 5.32. The molecule has 1 amide bonds. The standard InChI is InChI=1S/C13H16Cl6N2OS/c1-7(12(14,15)16)5-9(11-20-3-4-23-11)21-10(22)6-8(2)13(17,18)19/h3-4,7-9H,5-6H2,1-2H3,(H,21,22)/t7-,8?,9+/m1/s1. The SMILES string of the molecule is CC(CC(=O)N[C@@H](C[C@@H](C)C(Cl)(Cl)Cl)c1nccs1)C(Cl)(Cl)Cl. The minimum atomic E-state index is -1.50. The van der Waals surface area contributed by atoms with E-state index in [4.69, 9.17) is 69.6 Å². The number of thiazole rings is 1. The lowest BCUT2D eigenvalue weighted by Gasteiger charge is -2.26. The number of nitrogens with one attached hydrogen (secondary N) is 1. The molecule has 3 nitrogen and oxygen atoms in total. The van der Waals surface area contributed by atoms with Crippen molar-refractivity contribution in [1.82, 2.24) is 10.3 Å². The van der Waals surface area contributed by atoms with E-state index >= 15 is 0 Å². The van der Waals surface area contributed by atoms with Crippen molar-refractivity contribution in [3.63, 3.8) is 0 Å². The summed E-state index contributed by atoms with van der Waals surface area (Å²) < 4.78 is -2.93. The van der Waals surface area contributed by atoms with Gasteiger partial charge in [0.25, 0.3) is 0 Å².